The summed E-state index contributed by atoms with van der Waals surface area (Å²) in [7, 11) is 1.98. The Labute approximate surface area is 75.3 Å². The van der Waals surface area contributed by atoms with E-state index in [9.17, 15) is 0 Å². The normalized spacial score (nSPS) is 39.6. The SMILES string of the molecule is C/N=C1\CCCC2CCCCC12. The fourth-order valence-electron chi connectivity index (χ4n) is 3.00. The predicted molar refractivity (Wildman–Crippen MR) is 52.7 cm³/mol. The van der Waals surface area contributed by atoms with Crippen molar-refractivity contribution in [1.82, 2.24) is 0 Å². The Morgan fingerprint density at radius 2 is 1.83 bits per heavy atom. The lowest BCUT2D eigenvalue weighted by atomic mass is 9.70. The van der Waals surface area contributed by atoms with Crippen LogP contribution in [0, 0.1) is 11.8 Å². The zero-order chi connectivity index (χ0) is 8.39. The summed E-state index contributed by atoms with van der Waals surface area (Å²) in [6.07, 6.45) is 9.98. The van der Waals surface area contributed by atoms with E-state index >= 15 is 0 Å². The van der Waals surface area contributed by atoms with Crippen LogP contribution in [0.4, 0.5) is 0 Å². The smallest absolute Gasteiger partial charge is 0.0276 e. The molecular weight excluding hydrogens is 146 g/mol. The van der Waals surface area contributed by atoms with Crippen molar-refractivity contribution in [3.63, 3.8) is 0 Å². The van der Waals surface area contributed by atoms with Crippen LogP contribution in [0.1, 0.15) is 44.9 Å². The Hall–Kier alpha value is -0.330. The van der Waals surface area contributed by atoms with Crippen LogP contribution in [0.3, 0.4) is 0 Å². The zero-order valence-electron chi connectivity index (χ0n) is 8.05. The molecule has 2 saturated carbocycles. The van der Waals surface area contributed by atoms with Gasteiger partial charge in [0.15, 0.2) is 0 Å². The summed E-state index contributed by atoms with van der Waals surface area (Å²) in [5, 5.41) is 0. The molecule has 2 aliphatic rings. The van der Waals surface area contributed by atoms with Crippen molar-refractivity contribution in [2.45, 2.75) is 44.9 Å². The van der Waals surface area contributed by atoms with Gasteiger partial charge in [-0.2, -0.15) is 0 Å². The molecule has 0 aromatic rings. The van der Waals surface area contributed by atoms with E-state index in [0.717, 1.165) is 11.8 Å². The lowest BCUT2D eigenvalue weighted by Crippen LogP contribution is -2.31. The number of hydrogen-bond donors (Lipinski definition) is 0. The first-order valence-corrected chi connectivity index (χ1v) is 5.37. The number of fused-ring (bicyclic) bond motifs is 1. The highest BCUT2D eigenvalue weighted by molar-refractivity contribution is 5.87. The van der Waals surface area contributed by atoms with E-state index in [1.165, 1.54) is 50.7 Å². The fraction of sp³-hybridized carbons (Fsp3) is 0.909. The average molecular weight is 165 g/mol. The van der Waals surface area contributed by atoms with Crippen LogP contribution in [-0.4, -0.2) is 12.8 Å². The molecule has 0 saturated heterocycles. The minimum absolute atomic E-state index is 0.887. The van der Waals surface area contributed by atoms with Crippen LogP contribution in [-0.2, 0) is 0 Å². The molecule has 2 atom stereocenters. The molecule has 0 amide bonds. The lowest BCUT2D eigenvalue weighted by Gasteiger charge is -2.36. The summed E-state index contributed by atoms with van der Waals surface area (Å²) in [5.41, 5.74) is 1.53. The minimum atomic E-state index is 0.887. The van der Waals surface area contributed by atoms with Crippen LogP contribution < -0.4 is 0 Å². The maximum absolute atomic E-state index is 4.45. The van der Waals surface area contributed by atoms with Gasteiger partial charge in [-0.15, -0.1) is 0 Å². The molecule has 0 radical (unpaired) electrons. The number of nitrogens with zero attached hydrogens (tertiary/aromatic N) is 1. The second-order valence-corrected chi connectivity index (χ2v) is 4.26. The Bertz CT molecular complexity index is 181. The average Bonchev–Trinajstić information content (AvgIpc) is 2.17. The van der Waals surface area contributed by atoms with Gasteiger partial charge in [-0.1, -0.05) is 12.8 Å². The topological polar surface area (TPSA) is 12.4 Å². The van der Waals surface area contributed by atoms with Crippen LogP contribution in [0.5, 0.6) is 0 Å². The summed E-state index contributed by atoms with van der Waals surface area (Å²) >= 11 is 0. The summed E-state index contributed by atoms with van der Waals surface area (Å²) < 4.78 is 0. The van der Waals surface area contributed by atoms with Crippen molar-refractivity contribution in [1.29, 1.82) is 0 Å². The molecule has 2 rings (SSSR count). The van der Waals surface area contributed by atoms with Gasteiger partial charge in [-0.05, 0) is 43.9 Å². The number of rotatable bonds is 0. The third-order valence-corrected chi connectivity index (χ3v) is 3.63. The molecule has 0 aromatic carbocycles. The van der Waals surface area contributed by atoms with Gasteiger partial charge < -0.3 is 0 Å². The van der Waals surface area contributed by atoms with Gasteiger partial charge >= 0.3 is 0 Å². The molecule has 12 heavy (non-hydrogen) atoms. The molecule has 0 heterocycles. The van der Waals surface area contributed by atoms with E-state index in [1.54, 1.807) is 0 Å². The van der Waals surface area contributed by atoms with E-state index in [2.05, 4.69) is 4.99 Å². The minimum Gasteiger partial charge on any atom is -0.297 e. The molecular formula is C11H19N. The van der Waals surface area contributed by atoms with Gasteiger partial charge in [0.05, 0.1) is 0 Å². The van der Waals surface area contributed by atoms with Gasteiger partial charge in [0.2, 0.25) is 0 Å². The first kappa shape index (κ1) is 8.28. The fourth-order valence-corrected chi connectivity index (χ4v) is 3.00. The van der Waals surface area contributed by atoms with Crippen molar-refractivity contribution < 1.29 is 0 Å². The van der Waals surface area contributed by atoms with Gasteiger partial charge in [-0.25, -0.2) is 0 Å². The molecule has 68 valence electrons. The van der Waals surface area contributed by atoms with Crippen molar-refractivity contribution >= 4 is 5.71 Å². The number of aliphatic imine (C=N–C) groups is 1. The maximum Gasteiger partial charge on any atom is 0.0276 e. The molecule has 2 aliphatic carbocycles. The van der Waals surface area contributed by atoms with Crippen LogP contribution in [0.25, 0.3) is 0 Å². The van der Waals surface area contributed by atoms with Gasteiger partial charge in [-0.3, -0.25) is 4.99 Å². The zero-order valence-corrected chi connectivity index (χ0v) is 8.05. The summed E-state index contributed by atoms with van der Waals surface area (Å²) in [6, 6.07) is 0. The molecule has 1 heteroatoms. The van der Waals surface area contributed by atoms with Crippen molar-refractivity contribution in [3.8, 4) is 0 Å². The molecule has 0 aliphatic heterocycles. The summed E-state index contributed by atoms with van der Waals surface area (Å²) in [4.78, 5) is 4.45. The lowest BCUT2D eigenvalue weighted by molar-refractivity contribution is 0.261. The predicted octanol–water partition coefficient (Wildman–Crippen LogP) is 3.05. The molecule has 0 spiro atoms. The first-order valence-electron chi connectivity index (χ1n) is 5.37. The monoisotopic (exact) mass is 165 g/mol. The third kappa shape index (κ3) is 1.41. The van der Waals surface area contributed by atoms with E-state index < -0.39 is 0 Å². The van der Waals surface area contributed by atoms with Crippen molar-refractivity contribution in [3.05, 3.63) is 0 Å². The first-order chi connectivity index (χ1) is 5.92. The summed E-state index contributed by atoms with van der Waals surface area (Å²) in [6.45, 7) is 0. The van der Waals surface area contributed by atoms with E-state index in [1.807, 2.05) is 7.05 Å². The van der Waals surface area contributed by atoms with Crippen LogP contribution >= 0.6 is 0 Å². The van der Waals surface area contributed by atoms with Gasteiger partial charge in [0.25, 0.3) is 0 Å². The molecule has 0 bridgehead atoms. The third-order valence-electron chi connectivity index (χ3n) is 3.63. The van der Waals surface area contributed by atoms with E-state index in [-0.39, 0.29) is 0 Å². The highest BCUT2D eigenvalue weighted by Gasteiger charge is 2.31. The molecule has 0 aromatic heterocycles. The Morgan fingerprint density at radius 1 is 1.08 bits per heavy atom. The molecule has 2 fully saturated rings. The van der Waals surface area contributed by atoms with Gasteiger partial charge in [0, 0.05) is 12.8 Å². The Balaban J connectivity index is 2.09. The van der Waals surface area contributed by atoms with Crippen LogP contribution in [0.2, 0.25) is 0 Å². The molecule has 0 N–H and O–H groups in total. The molecule has 2 unspecified atom stereocenters. The highest BCUT2D eigenvalue weighted by Crippen LogP contribution is 2.38. The molecule has 1 nitrogen and oxygen atoms in total. The Morgan fingerprint density at radius 3 is 2.67 bits per heavy atom. The van der Waals surface area contributed by atoms with Crippen molar-refractivity contribution in [2.75, 3.05) is 7.05 Å². The van der Waals surface area contributed by atoms with Gasteiger partial charge in [0.1, 0.15) is 0 Å². The largest absolute Gasteiger partial charge is 0.297 e. The highest BCUT2D eigenvalue weighted by atomic mass is 14.7. The van der Waals surface area contributed by atoms with E-state index in [4.69, 9.17) is 0 Å². The maximum atomic E-state index is 4.45. The Kier molecular flexibility index (Phi) is 2.48. The summed E-state index contributed by atoms with van der Waals surface area (Å²) in [5.74, 6) is 1.89. The second-order valence-electron chi connectivity index (χ2n) is 4.26. The number of hydrogen-bond acceptors (Lipinski definition) is 1. The second kappa shape index (κ2) is 3.59. The van der Waals surface area contributed by atoms with Crippen molar-refractivity contribution in [2.24, 2.45) is 16.8 Å². The van der Waals surface area contributed by atoms with Crippen LogP contribution in [0.15, 0.2) is 4.99 Å². The quantitative estimate of drug-likeness (QED) is 0.523. The standard InChI is InChI=1S/C11H19N/c1-12-11-8-4-6-9-5-2-3-7-10(9)11/h9-10H,2-8H2,1H3/b12-11+. The van der Waals surface area contributed by atoms with E-state index in [0.29, 0.717) is 0 Å².